The molecule has 0 aromatic heterocycles. The molecule has 72 heavy (non-hydrogen) atoms. The van der Waals surface area contributed by atoms with E-state index in [1.54, 1.807) is 38.1 Å². The van der Waals surface area contributed by atoms with E-state index in [2.05, 4.69) is 35.8 Å². The summed E-state index contributed by atoms with van der Waals surface area (Å²) in [7, 11) is 0. The molecule has 4 atom stereocenters. The van der Waals surface area contributed by atoms with E-state index in [0.29, 0.717) is 37.6 Å². The molecule has 0 N–H and O–H groups in total. The third-order valence-electron chi connectivity index (χ3n) is 12.1. The molecule has 0 amide bonds. The summed E-state index contributed by atoms with van der Waals surface area (Å²) in [6.07, 6.45) is 18.6. The summed E-state index contributed by atoms with van der Waals surface area (Å²) < 4.78 is 34.6. The summed E-state index contributed by atoms with van der Waals surface area (Å²) in [5.74, 6) is 13.0. The van der Waals surface area contributed by atoms with Crippen molar-refractivity contribution in [3.63, 3.8) is 0 Å². The maximum Gasteiger partial charge on any atom is 0.331 e. The Morgan fingerprint density at radius 3 is 0.917 bits per heavy atom. The molecule has 0 bridgehead atoms. The Balaban J connectivity index is 0.896. The van der Waals surface area contributed by atoms with E-state index in [9.17, 15) is 9.59 Å². The van der Waals surface area contributed by atoms with Crippen molar-refractivity contribution >= 4 is 11.9 Å². The number of hydrogen-bond acceptors (Lipinski definition) is 10. The Bertz CT molecular complexity index is 2240. The van der Waals surface area contributed by atoms with Gasteiger partial charge in [0.25, 0.3) is 0 Å². The van der Waals surface area contributed by atoms with Gasteiger partial charge < -0.3 is 28.4 Å². The summed E-state index contributed by atoms with van der Waals surface area (Å²) in [5, 5.41) is 17.9. The number of ether oxygens (including phenoxy) is 6. The fourth-order valence-corrected chi connectivity index (χ4v) is 7.31. The van der Waals surface area contributed by atoms with Crippen LogP contribution in [0.15, 0.2) is 109 Å². The summed E-state index contributed by atoms with van der Waals surface area (Å²) in [6, 6.07) is 34.4. The van der Waals surface area contributed by atoms with Gasteiger partial charge in [-0.3, -0.25) is 0 Å². The van der Waals surface area contributed by atoms with Crippen LogP contribution in [0.5, 0.6) is 11.5 Å². The number of carbonyl (C=O) groups excluding carboxylic acids is 2. The largest absolute Gasteiger partial charge is 0.494 e. The number of esters is 2. The normalized spacial score (nSPS) is 12.4. The lowest BCUT2D eigenvalue weighted by Gasteiger charge is -2.21. The third-order valence-corrected chi connectivity index (χ3v) is 12.1. The van der Waals surface area contributed by atoms with Gasteiger partial charge in [-0.25, -0.2) is 9.59 Å². The predicted octanol–water partition coefficient (Wildman–Crippen LogP) is 13.2. The van der Waals surface area contributed by atoms with Gasteiger partial charge in [0, 0.05) is 47.6 Å². The number of benzene rings is 4. The predicted molar refractivity (Wildman–Crippen MR) is 283 cm³/mol. The Morgan fingerprint density at radius 2 is 0.625 bits per heavy atom. The molecule has 4 rings (SSSR count). The van der Waals surface area contributed by atoms with Crippen molar-refractivity contribution in [1.29, 1.82) is 10.5 Å². The van der Waals surface area contributed by atoms with Crippen LogP contribution in [0, 0.1) is 46.3 Å². The second kappa shape index (κ2) is 35.3. The minimum atomic E-state index is -0.618. The first-order valence-electron chi connectivity index (χ1n) is 25.9. The molecule has 10 heteroatoms. The first-order valence-corrected chi connectivity index (χ1v) is 25.9. The van der Waals surface area contributed by atoms with Gasteiger partial charge in [-0.1, -0.05) is 101 Å². The minimum Gasteiger partial charge on any atom is -0.494 e. The third kappa shape index (κ3) is 25.3. The number of hydrogen-bond donors (Lipinski definition) is 0. The van der Waals surface area contributed by atoms with Gasteiger partial charge in [-0.15, -0.1) is 0 Å². The molecule has 0 heterocycles. The van der Waals surface area contributed by atoms with Crippen LogP contribution in [-0.4, -0.2) is 62.8 Å². The molecular formula is C62H74N2O8. The van der Waals surface area contributed by atoms with Gasteiger partial charge in [0.05, 0.1) is 48.7 Å². The first kappa shape index (κ1) is 57.8. The molecule has 0 aliphatic carbocycles. The number of carbonyl (C=O) groups is 2. The summed E-state index contributed by atoms with van der Waals surface area (Å²) in [4.78, 5) is 24.8. The van der Waals surface area contributed by atoms with Crippen LogP contribution >= 0.6 is 0 Å². The van der Waals surface area contributed by atoms with Crippen LogP contribution in [0.4, 0.5) is 0 Å². The summed E-state index contributed by atoms with van der Waals surface area (Å²) in [6.45, 7) is 9.94. The molecule has 0 radical (unpaired) electrons. The van der Waals surface area contributed by atoms with Gasteiger partial charge in [0.2, 0.25) is 0 Å². The van der Waals surface area contributed by atoms with E-state index < -0.39 is 24.1 Å². The lowest BCUT2D eigenvalue weighted by molar-refractivity contribution is -0.152. The molecule has 4 unspecified atom stereocenters. The van der Waals surface area contributed by atoms with E-state index in [-0.39, 0.29) is 12.2 Å². The van der Waals surface area contributed by atoms with Crippen molar-refractivity contribution < 1.29 is 38.0 Å². The Morgan fingerprint density at radius 1 is 0.375 bits per heavy atom. The van der Waals surface area contributed by atoms with Crippen molar-refractivity contribution in [1.82, 2.24) is 0 Å². The van der Waals surface area contributed by atoms with Crippen molar-refractivity contribution in [3.8, 4) is 47.3 Å². The standard InChI is InChI=1S/C62H74N2O8/c1-49(67-43-17-13-9-5-7-11-15-19-45-69-59-37-33-55(34-38-59)23-21-53-25-29-57(47-63)30-26-53)51(3)71-61(65)41-42-62(66)72-52(4)50(2)68-44-18-14-10-6-8-12-16-20-46-70-60-39-35-56(36-40-60)24-22-54-27-31-58(48-64)32-28-54/h25-42,49-52H,5-20,43-46H2,1-4H3/b42-41+. The number of nitriles is 2. The average Bonchev–Trinajstić information content (AvgIpc) is 3.40. The highest BCUT2D eigenvalue weighted by Gasteiger charge is 2.18. The molecule has 0 aliphatic rings. The zero-order chi connectivity index (χ0) is 51.4. The van der Waals surface area contributed by atoms with Crippen LogP contribution in [0.3, 0.4) is 0 Å². The van der Waals surface area contributed by atoms with Crippen molar-refractivity contribution in [2.75, 3.05) is 26.4 Å². The van der Waals surface area contributed by atoms with Crippen LogP contribution in [-0.2, 0) is 28.5 Å². The zero-order valence-electron chi connectivity index (χ0n) is 43.0. The molecule has 0 saturated carbocycles. The van der Waals surface area contributed by atoms with E-state index in [0.717, 1.165) is 110 Å². The minimum absolute atomic E-state index is 0.273. The maximum absolute atomic E-state index is 12.4. The lowest BCUT2D eigenvalue weighted by Crippen LogP contribution is -2.29. The monoisotopic (exact) mass is 975 g/mol. The molecule has 4 aromatic rings. The molecule has 4 aromatic carbocycles. The maximum atomic E-state index is 12.4. The summed E-state index contributed by atoms with van der Waals surface area (Å²) in [5.41, 5.74) is 4.83. The van der Waals surface area contributed by atoms with Crippen LogP contribution in [0.1, 0.15) is 164 Å². The van der Waals surface area contributed by atoms with E-state index in [4.69, 9.17) is 38.9 Å². The lowest BCUT2D eigenvalue weighted by atomic mass is 10.1. The first-order chi connectivity index (χ1) is 35.1. The number of unbranched alkanes of at least 4 members (excludes halogenated alkanes) is 14. The van der Waals surface area contributed by atoms with Crippen LogP contribution < -0.4 is 9.47 Å². The quantitative estimate of drug-likeness (QED) is 0.0201. The molecule has 0 aliphatic heterocycles. The average molecular weight is 975 g/mol. The fraction of sp³-hybridized carbons (Fsp3) is 0.452. The summed E-state index contributed by atoms with van der Waals surface area (Å²) >= 11 is 0. The molecule has 0 fully saturated rings. The van der Waals surface area contributed by atoms with Gasteiger partial charge in [-0.2, -0.15) is 10.5 Å². The smallest absolute Gasteiger partial charge is 0.331 e. The van der Waals surface area contributed by atoms with Crippen LogP contribution in [0.25, 0.3) is 0 Å². The number of nitrogens with zero attached hydrogens (tertiary/aromatic N) is 2. The molecular weight excluding hydrogens is 901 g/mol. The molecule has 0 saturated heterocycles. The van der Waals surface area contributed by atoms with Crippen molar-refractivity contribution in [2.24, 2.45) is 0 Å². The topological polar surface area (TPSA) is 137 Å². The second-order valence-electron chi connectivity index (χ2n) is 18.1. The Hall–Kier alpha value is -6.82. The van der Waals surface area contributed by atoms with E-state index in [1.807, 2.05) is 86.6 Å². The Labute approximate surface area is 430 Å². The molecule has 10 nitrogen and oxygen atoms in total. The van der Waals surface area contributed by atoms with Gasteiger partial charge >= 0.3 is 11.9 Å². The van der Waals surface area contributed by atoms with Gasteiger partial charge in [-0.05, 0) is 150 Å². The van der Waals surface area contributed by atoms with E-state index >= 15 is 0 Å². The Kier molecular flexibility index (Phi) is 28.3. The highest BCUT2D eigenvalue weighted by atomic mass is 16.6. The van der Waals surface area contributed by atoms with Gasteiger partial charge in [0.15, 0.2) is 0 Å². The fourth-order valence-electron chi connectivity index (χ4n) is 7.31. The molecule has 0 spiro atoms. The van der Waals surface area contributed by atoms with E-state index in [1.165, 1.54) is 38.5 Å². The zero-order valence-corrected chi connectivity index (χ0v) is 43.0. The van der Waals surface area contributed by atoms with Crippen LogP contribution in [0.2, 0.25) is 0 Å². The second-order valence-corrected chi connectivity index (χ2v) is 18.1. The highest BCUT2D eigenvalue weighted by molar-refractivity contribution is 5.91. The van der Waals surface area contributed by atoms with Crippen molar-refractivity contribution in [2.45, 2.75) is 155 Å². The SMILES string of the molecule is CC(OCCCCCCCCCCOc1ccc(C#Cc2ccc(C#N)cc2)cc1)C(C)OC(=O)/C=C/C(=O)OC(C)C(C)OCCCCCCCCCCOc1ccc(C#Cc2ccc(C#N)cc2)cc1. The van der Waals surface area contributed by atoms with Crippen molar-refractivity contribution in [3.05, 3.63) is 143 Å². The highest BCUT2D eigenvalue weighted by Crippen LogP contribution is 2.17. The number of rotatable bonds is 32. The van der Waals surface area contributed by atoms with Gasteiger partial charge in [0.1, 0.15) is 23.7 Å². The molecule has 380 valence electrons.